The Bertz CT molecular complexity index is 463. The van der Waals surface area contributed by atoms with Crippen LogP contribution >= 0.6 is 0 Å². The van der Waals surface area contributed by atoms with Crippen molar-refractivity contribution in [3.8, 4) is 0 Å². The largest absolute Gasteiger partial charge is 0.381 e. The predicted molar refractivity (Wildman–Crippen MR) is 58.7 cm³/mol. The van der Waals surface area contributed by atoms with Crippen LogP contribution in [-0.2, 0) is 5.60 Å². The van der Waals surface area contributed by atoms with Gasteiger partial charge in [0.15, 0.2) is 5.78 Å². The van der Waals surface area contributed by atoms with Gasteiger partial charge in [-0.25, -0.2) is 0 Å². The highest BCUT2D eigenvalue weighted by atomic mass is 16.3. The van der Waals surface area contributed by atoms with Gasteiger partial charge in [-0.3, -0.25) is 4.79 Å². The lowest BCUT2D eigenvalue weighted by atomic mass is 9.92. The van der Waals surface area contributed by atoms with Crippen LogP contribution in [0.3, 0.4) is 0 Å². The summed E-state index contributed by atoms with van der Waals surface area (Å²) in [6.45, 7) is 5.39. The van der Waals surface area contributed by atoms with Crippen LogP contribution in [0, 0.1) is 0 Å². The van der Waals surface area contributed by atoms with E-state index < -0.39 is 5.60 Å². The molecule has 0 saturated heterocycles. The molecular formula is C13H14O2. The molecule has 0 amide bonds. The number of allylic oxidation sites excluding steroid dienone is 1. The SMILES string of the molecule is CC(C)=C1C(=O)c2ccccc2[C@]1(C)O. The van der Waals surface area contributed by atoms with Gasteiger partial charge in [0.05, 0.1) is 0 Å². The number of hydrogen-bond acceptors (Lipinski definition) is 2. The number of aliphatic hydroxyl groups is 1. The fourth-order valence-corrected chi connectivity index (χ4v) is 2.31. The average molecular weight is 202 g/mol. The highest BCUT2D eigenvalue weighted by Gasteiger charge is 2.43. The van der Waals surface area contributed by atoms with Gasteiger partial charge in [0.2, 0.25) is 0 Å². The van der Waals surface area contributed by atoms with Gasteiger partial charge in [-0.2, -0.15) is 0 Å². The number of carbonyl (C=O) groups is 1. The number of benzene rings is 1. The topological polar surface area (TPSA) is 37.3 Å². The molecule has 0 spiro atoms. The highest BCUT2D eigenvalue weighted by molar-refractivity contribution is 6.15. The van der Waals surface area contributed by atoms with Gasteiger partial charge in [-0.1, -0.05) is 29.8 Å². The van der Waals surface area contributed by atoms with Gasteiger partial charge in [0.1, 0.15) is 5.60 Å². The van der Waals surface area contributed by atoms with E-state index in [-0.39, 0.29) is 5.78 Å². The third-order valence-corrected chi connectivity index (χ3v) is 2.91. The molecule has 2 heteroatoms. The van der Waals surface area contributed by atoms with Crippen molar-refractivity contribution in [1.82, 2.24) is 0 Å². The van der Waals surface area contributed by atoms with E-state index >= 15 is 0 Å². The zero-order valence-electron chi connectivity index (χ0n) is 9.16. The smallest absolute Gasteiger partial charge is 0.192 e. The van der Waals surface area contributed by atoms with E-state index in [2.05, 4.69) is 0 Å². The molecule has 78 valence electrons. The second-order valence-corrected chi connectivity index (χ2v) is 4.32. The molecule has 1 aliphatic rings. The van der Waals surface area contributed by atoms with Crippen LogP contribution in [0.5, 0.6) is 0 Å². The molecule has 1 atom stereocenters. The Balaban J connectivity index is 2.77. The van der Waals surface area contributed by atoms with Crippen molar-refractivity contribution in [2.24, 2.45) is 0 Å². The van der Waals surface area contributed by atoms with Gasteiger partial charge in [-0.05, 0) is 26.3 Å². The molecule has 0 heterocycles. The maximum Gasteiger partial charge on any atom is 0.192 e. The van der Waals surface area contributed by atoms with Crippen LogP contribution < -0.4 is 0 Å². The Labute approximate surface area is 89.2 Å². The van der Waals surface area contributed by atoms with Crippen LogP contribution in [0.25, 0.3) is 0 Å². The molecule has 0 fully saturated rings. The summed E-state index contributed by atoms with van der Waals surface area (Å²) in [5.74, 6) is -0.0457. The highest BCUT2D eigenvalue weighted by Crippen LogP contribution is 2.41. The van der Waals surface area contributed by atoms with Crippen molar-refractivity contribution in [3.63, 3.8) is 0 Å². The summed E-state index contributed by atoms with van der Waals surface area (Å²) in [6.07, 6.45) is 0. The predicted octanol–water partition coefficient (Wildman–Crippen LogP) is 2.43. The Hall–Kier alpha value is -1.41. The zero-order chi connectivity index (χ0) is 11.2. The molecule has 1 aromatic rings. The standard InChI is InChI=1S/C13H14O2/c1-8(2)11-12(14)9-6-4-5-7-10(9)13(11,3)15/h4-7,15H,1-3H3/t13-/m0/s1. The minimum atomic E-state index is -1.13. The van der Waals surface area contributed by atoms with Crippen molar-refractivity contribution < 1.29 is 9.90 Å². The van der Waals surface area contributed by atoms with Gasteiger partial charge in [0, 0.05) is 11.1 Å². The van der Waals surface area contributed by atoms with E-state index in [0.717, 1.165) is 5.57 Å². The van der Waals surface area contributed by atoms with Crippen LogP contribution in [-0.4, -0.2) is 10.9 Å². The Morgan fingerprint density at radius 1 is 1.27 bits per heavy atom. The van der Waals surface area contributed by atoms with Crippen molar-refractivity contribution in [3.05, 3.63) is 46.5 Å². The third kappa shape index (κ3) is 1.25. The number of carbonyl (C=O) groups excluding carboxylic acids is 1. The number of hydrogen-bond donors (Lipinski definition) is 1. The second-order valence-electron chi connectivity index (χ2n) is 4.32. The number of ketones is 1. The van der Waals surface area contributed by atoms with Crippen LogP contribution in [0.4, 0.5) is 0 Å². The van der Waals surface area contributed by atoms with Crippen molar-refractivity contribution in [2.45, 2.75) is 26.4 Å². The Morgan fingerprint density at radius 2 is 1.87 bits per heavy atom. The molecule has 0 aliphatic heterocycles. The molecule has 1 aromatic carbocycles. The maximum atomic E-state index is 12.0. The second kappa shape index (κ2) is 3.04. The first kappa shape index (κ1) is 10.1. The molecule has 0 aromatic heterocycles. The summed E-state index contributed by atoms with van der Waals surface area (Å²) in [4.78, 5) is 12.0. The molecule has 0 unspecified atom stereocenters. The van der Waals surface area contributed by atoms with Gasteiger partial charge >= 0.3 is 0 Å². The van der Waals surface area contributed by atoms with E-state index in [9.17, 15) is 9.90 Å². The normalized spacial score (nSPS) is 24.3. The molecule has 1 aliphatic carbocycles. The molecule has 2 rings (SSSR count). The first-order valence-corrected chi connectivity index (χ1v) is 5.01. The minimum absolute atomic E-state index is 0.0457. The molecular weight excluding hydrogens is 188 g/mol. The Kier molecular flexibility index (Phi) is 2.05. The van der Waals surface area contributed by atoms with E-state index in [0.29, 0.717) is 16.7 Å². The van der Waals surface area contributed by atoms with Gasteiger partial charge in [0.25, 0.3) is 0 Å². The summed E-state index contributed by atoms with van der Waals surface area (Å²) in [7, 11) is 0. The number of fused-ring (bicyclic) bond motifs is 1. The Morgan fingerprint density at radius 3 is 2.40 bits per heavy atom. The first-order valence-electron chi connectivity index (χ1n) is 5.01. The van der Waals surface area contributed by atoms with Gasteiger partial charge in [-0.15, -0.1) is 0 Å². The van der Waals surface area contributed by atoms with Crippen LogP contribution in [0.15, 0.2) is 35.4 Å². The number of Topliss-reactive ketones (excluding diaryl/α,β-unsaturated/α-hetero) is 1. The first-order chi connectivity index (χ1) is 6.96. The summed E-state index contributed by atoms with van der Waals surface area (Å²) < 4.78 is 0. The molecule has 0 saturated carbocycles. The van der Waals surface area contributed by atoms with Crippen LogP contribution in [0.1, 0.15) is 36.7 Å². The lowest BCUT2D eigenvalue weighted by Gasteiger charge is -2.20. The minimum Gasteiger partial charge on any atom is -0.381 e. The average Bonchev–Trinajstić information content (AvgIpc) is 2.36. The lowest BCUT2D eigenvalue weighted by molar-refractivity contribution is 0.0862. The molecule has 0 bridgehead atoms. The fraction of sp³-hybridized carbons (Fsp3) is 0.308. The quantitative estimate of drug-likeness (QED) is 0.656. The summed E-state index contributed by atoms with van der Waals surface area (Å²) in [6, 6.07) is 7.24. The zero-order valence-corrected chi connectivity index (χ0v) is 9.16. The third-order valence-electron chi connectivity index (χ3n) is 2.91. The van der Waals surface area contributed by atoms with Crippen LogP contribution in [0.2, 0.25) is 0 Å². The monoisotopic (exact) mass is 202 g/mol. The van der Waals surface area contributed by atoms with E-state index in [4.69, 9.17) is 0 Å². The van der Waals surface area contributed by atoms with Crippen molar-refractivity contribution in [1.29, 1.82) is 0 Å². The molecule has 2 nitrogen and oxygen atoms in total. The number of rotatable bonds is 0. The summed E-state index contributed by atoms with van der Waals surface area (Å²) in [5.41, 5.74) is 1.60. The summed E-state index contributed by atoms with van der Waals surface area (Å²) in [5, 5.41) is 10.4. The molecule has 15 heavy (non-hydrogen) atoms. The maximum absolute atomic E-state index is 12.0. The van der Waals surface area contributed by atoms with E-state index in [1.54, 1.807) is 13.0 Å². The van der Waals surface area contributed by atoms with Crippen molar-refractivity contribution >= 4 is 5.78 Å². The van der Waals surface area contributed by atoms with Gasteiger partial charge < -0.3 is 5.11 Å². The summed E-state index contributed by atoms with van der Waals surface area (Å²) >= 11 is 0. The fourth-order valence-electron chi connectivity index (χ4n) is 2.31. The van der Waals surface area contributed by atoms with E-state index in [1.807, 2.05) is 32.0 Å². The van der Waals surface area contributed by atoms with E-state index in [1.165, 1.54) is 0 Å². The molecule has 1 N–H and O–H groups in total. The molecule has 0 radical (unpaired) electrons. The lowest BCUT2D eigenvalue weighted by Crippen LogP contribution is -2.21. The van der Waals surface area contributed by atoms with Crippen molar-refractivity contribution in [2.75, 3.05) is 0 Å².